The van der Waals surface area contributed by atoms with Crippen LogP contribution in [0.3, 0.4) is 0 Å². The normalized spacial score (nSPS) is 15.3. The van der Waals surface area contributed by atoms with Crippen LogP contribution in [0.2, 0.25) is 0 Å². The average molecular weight is 430 g/mol. The number of anilines is 1. The van der Waals surface area contributed by atoms with Crippen LogP contribution < -0.4 is 10.6 Å². The van der Waals surface area contributed by atoms with Crippen molar-refractivity contribution in [3.8, 4) is 11.1 Å². The second-order valence-corrected chi connectivity index (χ2v) is 8.22. The summed E-state index contributed by atoms with van der Waals surface area (Å²) in [6.07, 6.45) is 0. The highest BCUT2D eigenvalue weighted by Crippen LogP contribution is 2.21. The van der Waals surface area contributed by atoms with Crippen LogP contribution in [0.4, 0.5) is 5.69 Å². The van der Waals surface area contributed by atoms with Crippen LogP contribution in [0.5, 0.6) is 0 Å². The predicted molar refractivity (Wildman–Crippen MR) is 129 cm³/mol. The maximum Gasteiger partial charge on any atom is 0.238 e. The molecule has 1 aliphatic rings. The number of morpholine rings is 1. The summed E-state index contributed by atoms with van der Waals surface area (Å²) in [6.45, 7) is 6.80. The van der Waals surface area contributed by atoms with Crippen LogP contribution in [-0.2, 0) is 16.1 Å². The largest absolute Gasteiger partial charge is 0.379 e. The van der Waals surface area contributed by atoms with E-state index < -0.39 is 0 Å². The third kappa shape index (κ3) is 6.26. The summed E-state index contributed by atoms with van der Waals surface area (Å²) >= 11 is 0. The zero-order valence-corrected chi connectivity index (χ0v) is 18.6. The van der Waals surface area contributed by atoms with Gasteiger partial charge in [0.25, 0.3) is 0 Å². The van der Waals surface area contributed by atoms with Gasteiger partial charge in [-0.05, 0) is 41.3 Å². The zero-order valence-electron chi connectivity index (χ0n) is 18.6. The van der Waals surface area contributed by atoms with Gasteiger partial charge >= 0.3 is 0 Å². The van der Waals surface area contributed by atoms with Crippen molar-refractivity contribution >= 4 is 11.6 Å². The Morgan fingerprint density at radius 2 is 1.56 bits per heavy atom. The smallest absolute Gasteiger partial charge is 0.238 e. The fraction of sp³-hybridized carbons (Fsp3) is 0.296. The Balaban J connectivity index is 1.23. The second-order valence-electron chi connectivity index (χ2n) is 8.22. The van der Waals surface area contributed by atoms with Gasteiger partial charge < -0.3 is 15.4 Å². The van der Waals surface area contributed by atoms with Crippen LogP contribution in [-0.4, -0.2) is 43.7 Å². The summed E-state index contributed by atoms with van der Waals surface area (Å²) in [5.41, 5.74) is 5.62. The van der Waals surface area contributed by atoms with Gasteiger partial charge in [-0.15, -0.1) is 0 Å². The van der Waals surface area contributed by atoms with Gasteiger partial charge in [-0.3, -0.25) is 9.69 Å². The number of carbonyl (C=O) groups is 1. The van der Waals surface area contributed by atoms with Gasteiger partial charge in [0.1, 0.15) is 0 Å². The molecule has 0 radical (unpaired) electrons. The molecule has 32 heavy (non-hydrogen) atoms. The highest BCUT2D eigenvalue weighted by atomic mass is 16.5. The van der Waals surface area contributed by atoms with Crippen molar-refractivity contribution in [1.29, 1.82) is 0 Å². The van der Waals surface area contributed by atoms with Crippen molar-refractivity contribution in [2.45, 2.75) is 19.5 Å². The van der Waals surface area contributed by atoms with Crippen LogP contribution >= 0.6 is 0 Å². The lowest BCUT2D eigenvalue weighted by Gasteiger charge is -2.26. The van der Waals surface area contributed by atoms with Gasteiger partial charge in [0.05, 0.1) is 19.8 Å². The Labute approximate surface area is 190 Å². The average Bonchev–Trinajstić information content (AvgIpc) is 2.85. The number of hydrogen-bond acceptors (Lipinski definition) is 4. The van der Waals surface area contributed by atoms with Crippen molar-refractivity contribution < 1.29 is 9.53 Å². The number of carbonyl (C=O) groups excluding carboxylic acids is 1. The highest BCUT2D eigenvalue weighted by Gasteiger charge is 2.11. The summed E-state index contributed by atoms with van der Waals surface area (Å²) in [5.74, 6) is -0.0429. The first-order valence-corrected chi connectivity index (χ1v) is 11.2. The summed E-state index contributed by atoms with van der Waals surface area (Å²) in [6, 6.07) is 27.0. The highest BCUT2D eigenvalue weighted by molar-refractivity contribution is 5.92. The monoisotopic (exact) mass is 429 g/mol. The molecule has 1 atom stereocenters. The molecule has 0 bridgehead atoms. The standard InChI is InChI=1S/C27H31N3O2/c1-21(23-9-11-25(12-10-23)24-5-3-2-4-6-24)28-19-27(31)29-26-13-7-22(8-14-26)20-30-15-17-32-18-16-30/h2-14,21,28H,15-20H2,1H3,(H,29,31). The molecular weight excluding hydrogens is 398 g/mol. The molecule has 166 valence electrons. The van der Waals surface area contributed by atoms with E-state index >= 15 is 0 Å². The van der Waals surface area contributed by atoms with Gasteiger partial charge in [0.2, 0.25) is 5.91 Å². The first kappa shape index (κ1) is 22.2. The summed E-state index contributed by atoms with van der Waals surface area (Å²) < 4.78 is 5.40. The van der Waals surface area contributed by atoms with E-state index in [1.54, 1.807) is 0 Å². The minimum atomic E-state index is -0.0429. The van der Waals surface area contributed by atoms with Crippen LogP contribution in [0.1, 0.15) is 24.1 Å². The van der Waals surface area contributed by atoms with E-state index in [2.05, 4.69) is 71.0 Å². The molecule has 3 aromatic rings. The molecule has 5 nitrogen and oxygen atoms in total. The molecule has 1 saturated heterocycles. The van der Waals surface area contributed by atoms with E-state index in [0.717, 1.165) is 44.1 Å². The van der Waals surface area contributed by atoms with Gasteiger partial charge in [0.15, 0.2) is 0 Å². The van der Waals surface area contributed by atoms with E-state index in [4.69, 9.17) is 4.74 Å². The zero-order chi connectivity index (χ0) is 22.2. The van der Waals surface area contributed by atoms with Gasteiger partial charge in [-0.1, -0.05) is 66.7 Å². The predicted octanol–water partition coefficient (Wildman–Crippen LogP) is 4.48. The Morgan fingerprint density at radius 1 is 0.906 bits per heavy atom. The van der Waals surface area contributed by atoms with Crippen molar-refractivity contribution in [2.24, 2.45) is 0 Å². The van der Waals surface area contributed by atoms with Gasteiger partial charge in [0, 0.05) is 31.4 Å². The molecule has 5 heteroatoms. The number of rotatable bonds is 8. The van der Waals surface area contributed by atoms with Crippen LogP contribution in [0, 0.1) is 0 Å². The molecule has 0 saturated carbocycles. The summed E-state index contributed by atoms with van der Waals surface area (Å²) in [7, 11) is 0. The minimum Gasteiger partial charge on any atom is -0.379 e. The fourth-order valence-electron chi connectivity index (χ4n) is 3.87. The minimum absolute atomic E-state index is 0.0429. The number of hydrogen-bond donors (Lipinski definition) is 2. The first-order valence-electron chi connectivity index (χ1n) is 11.2. The molecule has 4 rings (SSSR count). The Hall–Kier alpha value is -2.99. The quantitative estimate of drug-likeness (QED) is 0.555. The van der Waals surface area contributed by atoms with Crippen LogP contribution in [0.25, 0.3) is 11.1 Å². The summed E-state index contributed by atoms with van der Waals surface area (Å²) in [4.78, 5) is 14.8. The third-order valence-electron chi connectivity index (χ3n) is 5.83. The number of nitrogens with zero attached hydrogens (tertiary/aromatic N) is 1. The molecule has 3 aromatic carbocycles. The molecule has 1 unspecified atom stereocenters. The second kappa shape index (κ2) is 11.0. The number of amides is 1. The lowest BCUT2D eigenvalue weighted by Crippen LogP contribution is -2.35. The van der Waals surface area contributed by atoms with E-state index in [1.807, 2.05) is 30.3 Å². The lowest BCUT2D eigenvalue weighted by atomic mass is 10.0. The Bertz CT molecular complexity index is 982. The molecule has 2 N–H and O–H groups in total. The molecule has 0 spiro atoms. The number of nitrogens with one attached hydrogen (secondary N) is 2. The number of ether oxygens (including phenoxy) is 1. The molecule has 0 aliphatic carbocycles. The lowest BCUT2D eigenvalue weighted by molar-refractivity contribution is -0.115. The van der Waals surface area contributed by atoms with E-state index in [0.29, 0.717) is 0 Å². The molecule has 1 aliphatic heterocycles. The van der Waals surface area contributed by atoms with Crippen molar-refractivity contribution in [3.63, 3.8) is 0 Å². The Morgan fingerprint density at radius 3 is 2.25 bits per heavy atom. The van der Waals surface area contributed by atoms with Crippen molar-refractivity contribution in [3.05, 3.63) is 90.0 Å². The third-order valence-corrected chi connectivity index (χ3v) is 5.83. The van der Waals surface area contributed by atoms with Crippen LogP contribution in [0.15, 0.2) is 78.9 Å². The van der Waals surface area contributed by atoms with E-state index in [9.17, 15) is 4.79 Å². The van der Waals surface area contributed by atoms with Crippen molar-refractivity contribution in [2.75, 3.05) is 38.2 Å². The van der Waals surface area contributed by atoms with Gasteiger partial charge in [-0.25, -0.2) is 0 Å². The maximum absolute atomic E-state index is 12.4. The molecular formula is C27H31N3O2. The maximum atomic E-state index is 12.4. The van der Waals surface area contributed by atoms with Crippen molar-refractivity contribution in [1.82, 2.24) is 10.2 Å². The fourth-order valence-corrected chi connectivity index (χ4v) is 3.87. The Kier molecular flexibility index (Phi) is 7.67. The molecule has 0 aromatic heterocycles. The molecule has 1 heterocycles. The molecule has 1 amide bonds. The van der Waals surface area contributed by atoms with E-state index in [1.165, 1.54) is 16.7 Å². The number of benzene rings is 3. The SMILES string of the molecule is CC(NCC(=O)Nc1ccc(CN2CCOCC2)cc1)c1ccc(-c2ccccc2)cc1. The first-order chi connectivity index (χ1) is 15.7. The van der Waals surface area contributed by atoms with E-state index in [-0.39, 0.29) is 18.5 Å². The summed E-state index contributed by atoms with van der Waals surface area (Å²) in [5, 5.41) is 6.29. The molecule has 1 fully saturated rings. The topological polar surface area (TPSA) is 53.6 Å². The van der Waals surface area contributed by atoms with Gasteiger partial charge in [-0.2, -0.15) is 0 Å².